The predicted octanol–water partition coefficient (Wildman–Crippen LogP) is 3.13. The van der Waals surface area contributed by atoms with Gasteiger partial charge >= 0.3 is 0 Å². The molecule has 0 aliphatic heterocycles. The molecule has 1 aromatic rings. The number of fused-ring (bicyclic) bond motifs is 1. The summed E-state index contributed by atoms with van der Waals surface area (Å²) in [6.45, 7) is 4.10. The maximum atomic E-state index is 6.10. The van der Waals surface area contributed by atoms with Crippen molar-refractivity contribution in [3.8, 4) is 0 Å². The minimum absolute atomic E-state index is 0.236. The molecule has 0 amide bonds. The lowest BCUT2D eigenvalue weighted by Gasteiger charge is -2.21. The van der Waals surface area contributed by atoms with Crippen LogP contribution in [0.1, 0.15) is 37.0 Å². The van der Waals surface area contributed by atoms with Crippen molar-refractivity contribution in [3.05, 3.63) is 33.3 Å². The van der Waals surface area contributed by atoms with Crippen molar-refractivity contribution >= 4 is 15.9 Å². The molecule has 0 heterocycles. The molecular formula is C12H16BrN. The average Bonchev–Trinajstić information content (AvgIpc) is 2.50. The van der Waals surface area contributed by atoms with Crippen LogP contribution in [0, 0.1) is 0 Å². The zero-order valence-electron chi connectivity index (χ0n) is 8.73. The van der Waals surface area contributed by atoms with Gasteiger partial charge in [0, 0.05) is 10.0 Å². The molecule has 1 nitrogen and oxygen atoms in total. The Morgan fingerprint density at radius 1 is 1.29 bits per heavy atom. The van der Waals surface area contributed by atoms with Crippen LogP contribution in [0.5, 0.6) is 0 Å². The van der Waals surface area contributed by atoms with Gasteiger partial charge in [-0.3, -0.25) is 0 Å². The summed E-state index contributed by atoms with van der Waals surface area (Å²) in [6.07, 6.45) is 3.70. The fraction of sp³-hybridized carbons (Fsp3) is 0.500. The van der Waals surface area contributed by atoms with E-state index in [4.69, 9.17) is 5.73 Å². The minimum Gasteiger partial charge on any atom is -0.322 e. The summed E-state index contributed by atoms with van der Waals surface area (Å²) < 4.78 is 1.24. The number of halogens is 1. The normalized spacial score (nSPS) is 15.7. The molecule has 0 unspecified atom stereocenters. The molecule has 1 aliphatic carbocycles. The number of hydrogen-bond acceptors (Lipinski definition) is 1. The number of aryl methyl sites for hydroxylation is 1. The summed E-state index contributed by atoms with van der Waals surface area (Å²) in [5.41, 5.74) is 10.1. The van der Waals surface area contributed by atoms with E-state index in [0.717, 1.165) is 0 Å². The van der Waals surface area contributed by atoms with Gasteiger partial charge in [-0.25, -0.2) is 0 Å². The Kier molecular flexibility index (Phi) is 2.44. The van der Waals surface area contributed by atoms with Crippen molar-refractivity contribution in [2.45, 2.75) is 38.6 Å². The number of benzene rings is 1. The molecule has 2 N–H and O–H groups in total. The first kappa shape index (κ1) is 10.2. The van der Waals surface area contributed by atoms with Crippen molar-refractivity contribution in [1.82, 2.24) is 0 Å². The molecule has 0 fully saturated rings. The van der Waals surface area contributed by atoms with E-state index >= 15 is 0 Å². The van der Waals surface area contributed by atoms with Gasteiger partial charge in [0.05, 0.1) is 0 Å². The molecule has 76 valence electrons. The molecular weight excluding hydrogens is 238 g/mol. The number of hydrogen-bond donors (Lipinski definition) is 1. The zero-order chi connectivity index (χ0) is 10.3. The second-order valence-electron chi connectivity index (χ2n) is 4.67. The fourth-order valence-corrected chi connectivity index (χ4v) is 2.72. The Labute approximate surface area is 93.8 Å². The van der Waals surface area contributed by atoms with Gasteiger partial charge in [0.1, 0.15) is 0 Å². The summed E-state index contributed by atoms with van der Waals surface area (Å²) in [5.74, 6) is 0. The largest absolute Gasteiger partial charge is 0.322 e. The van der Waals surface area contributed by atoms with E-state index in [2.05, 4.69) is 41.9 Å². The van der Waals surface area contributed by atoms with Gasteiger partial charge < -0.3 is 5.73 Å². The topological polar surface area (TPSA) is 26.0 Å². The fourth-order valence-electron chi connectivity index (χ4n) is 2.02. The number of nitrogens with two attached hydrogens (primary N) is 1. The van der Waals surface area contributed by atoms with Crippen LogP contribution in [0.2, 0.25) is 0 Å². The molecule has 1 aromatic carbocycles. The quantitative estimate of drug-likeness (QED) is 0.818. The van der Waals surface area contributed by atoms with Gasteiger partial charge in [0.25, 0.3) is 0 Å². The highest BCUT2D eigenvalue weighted by Gasteiger charge is 2.20. The van der Waals surface area contributed by atoms with Gasteiger partial charge in [0.15, 0.2) is 0 Å². The summed E-state index contributed by atoms with van der Waals surface area (Å²) >= 11 is 3.64. The Balaban J connectivity index is 2.52. The van der Waals surface area contributed by atoms with Crippen molar-refractivity contribution in [1.29, 1.82) is 0 Å². The lowest BCUT2D eigenvalue weighted by Crippen LogP contribution is -2.28. The summed E-state index contributed by atoms with van der Waals surface area (Å²) in [4.78, 5) is 0. The molecule has 0 saturated carbocycles. The van der Waals surface area contributed by atoms with Crippen molar-refractivity contribution < 1.29 is 0 Å². The average molecular weight is 254 g/mol. The first-order valence-electron chi connectivity index (χ1n) is 5.09. The third kappa shape index (κ3) is 1.73. The van der Waals surface area contributed by atoms with Crippen molar-refractivity contribution in [3.63, 3.8) is 0 Å². The molecule has 2 rings (SSSR count). The molecule has 0 radical (unpaired) electrons. The Morgan fingerprint density at radius 2 is 2.00 bits per heavy atom. The molecule has 1 aliphatic rings. The van der Waals surface area contributed by atoms with E-state index in [1.165, 1.54) is 40.4 Å². The summed E-state index contributed by atoms with van der Waals surface area (Å²) in [5, 5.41) is 0. The maximum absolute atomic E-state index is 6.10. The van der Waals surface area contributed by atoms with E-state index in [9.17, 15) is 0 Å². The van der Waals surface area contributed by atoms with Gasteiger partial charge in [0.2, 0.25) is 0 Å². The molecule has 2 heteroatoms. The highest BCUT2D eigenvalue weighted by molar-refractivity contribution is 9.10. The highest BCUT2D eigenvalue weighted by Crippen LogP contribution is 2.33. The second-order valence-corrected chi connectivity index (χ2v) is 5.53. The van der Waals surface area contributed by atoms with Crippen LogP contribution in [0.25, 0.3) is 0 Å². The zero-order valence-corrected chi connectivity index (χ0v) is 10.3. The molecule has 0 saturated heterocycles. The molecule has 0 spiro atoms. The molecule has 0 bridgehead atoms. The summed E-state index contributed by atoms with van der Waals surface area (Å²) in [6, 6.07) is 4.44. The monoisotopic (exact) mass is 253 g/mol. The van der Waals surface area contributed by atoms with Crippen molar-refractivity contribution in [2.75, 3.05) is 0 Å². The van der Waals surface area contributed by atoms with Gasteiger partial charge in [-0.15, -0.1) is 0 Å². The second kappa shape index (κ2) is 3.35. The van der Waals surface area contributed by atoms with Crippen LogP contribution < -0.4 is 5.73 Å². The first-order chi connectivity index (χ1) is 6.48. The third-order valence-electron chi connectivity index (χ3n) is 2.90. The van der Waals surface area contributed by atoms with E-state index in [1.807, 2.05) is 0 Å². The van der Waals surface area contributed by atoms with Crippen molar-refractivity contribution in [2.24, 2.45) is 5.73 Å². The van der Waals surface area contributed by atoms with Crippen LogP contribution in [-0.2, 0) is 18.4 Å². The van der Waals surface area contributed by atoms with Crippen LogP contribution in [0.15, 0.2) is 16.6 Å². The van der Waals surface area contributed by atoms with Crippen LogP contribution in [0.4, 0.5) is 0 Å². The van der Waals surface area contributed by atoms with Gasteiger partial charge in [-0.1, -0.05) is 22.0 Å². The highest BCUT2D eigenvalue weighted by atomic mass is 79.9. The van der Waals surface area contributed by atoms with E-state index in [-0.39, 0.29) is 5.54 Å². The minimum atomic E-state index is -0.236. The molecule has 0 atom stereocenters. The Morgan fingerprint density at radius 3 is 2.64 bits per heavy atom. The summed E-state index contributed by atoms with van der Waals surface area (Å²) in [7, 11) is 0. The van der Waals surface area contributed by atoms with Gasteiger partial charge in [-0.2, -0.15) is 0 Å². The standard InChI is InChI=1S/C12H16BrN/c1-12(2,14)9-6-8-4-3-5-10(8)11(13)7-9/h6-7H,3-5,14H2,1-2H3. The third-order valence-corrected chi connectivity index (χ3v) is 3.61. The predicted molar refractivity (Wildman–Crippen MR) is 63.4 cm³/mol. The first-order valence-corrected chi connectivity index (χ1v) is 5.88. The molecule has 0 aromatic heterocycles. The smallest absolute Gasteiger partial charge is 0.0352 e. The lowest BCUT2D eigenvalue weighted by atomic mass is 9.93. The van der Waals surface area contributed by atoms with E-state index < -0.39 is 0 Å². The van der Waals surface area contributed by atoms with Crippen LogP contribution >= 0.6 is 15.9 Å². The number of rotatable bonds is 1. The van der Waals surface area contributed by atoms with E-state index in [1.54, 1.807) is 0 Å². The van der Waals surface area contributed by atoms with Crippen LogP contribution in [0.3, 0.4) is 0 Å². The van der Waals surface area contributed by atoms with E-state index in [0.29, 0.717) is 0 Å². The maximum Gasteiger partial charge on any atom is 0.0352 e. The van der Waals surface area contributed by atoms with Crippen LogP contribution in [-0.4, -0.2) is 0 Å². The Hall–Kier alpha value is -0.340. The SMILES string of the molecule is CC(C)(N)c1cc(Br)c2c(c1)CCC2. The lowest BCUT2D eigenvalue weighted by molar-refractivity contribution is 0.553. The Bertz CT molecular complexity index is 363. The van der Waals surface area contributed by atoms with Gasteiger partial charge in [-0.05, 0) is 55.9 Å². The molecule has 14 heavy (non-hydrogen) atoms.